The number of thioether (sulfide) groups is 1. The number of rotatable bonds is 4. The summed E-state index contributed by atoms with van der Waals surface area (Å²) >= 11 is 9.75. The van der Waals surface area contributed by atoms with Gasteiger partial charge < -0.3 is 5.11 Å². The van der Waals surface area contributed by atoms with Crippen molar-refractivity contribution >= 4 is 62.2 Å². The highest BCUT2D eigenvalue weighted by Crippen LogP contribution is 2.38. The number of nitro groups is 1. The molecule has 0 unspecified atom stereocenters. The van der Waals surface area contributed by atoms with Crippen LogP contribution in [0.1, 0.15) is 11.1 Å². The molecule has 0 spiro atoms. The minimum Gasteiger partial charge on any atom is -0.502 e. The second-order valence-corrected chi connectivity index (χ2v) is 7.86. The standard InChI is InChI=1S/C17H10BrClN2O5S/c18-11-5-10(15(22)13(7-11)21(25)26)6-14-16(23)20(17(24)27-14)8-9-2-1-3-12(19)4-9/h1-7,22H,8H2/b14-6-. The monoisotopic (exact) mass is 468 g/mol. The summed E-state index contributed by atoms with van der Waals surface area (Å²) in [4.78, 5) is 36.2. The van der Waals surface area contributed by atoms with E-state index in [0.29, 0.717) is 26.8 Å². The maximum Gasteiger partial charge on any atom is 0.312 e. The van der Waals surface area contributed by atoms with Gasteiger partial charge in [-0.05, 0) is 41.6 Å². The van der Waals surface area contributed by atoms with Crippen LogP contribution in [0, 0.1) is 10.1 Å². The van der Waals surface area contributed by atoms with Gasteiger partial charge in [-0.2, -0.15) is 0 Å². The van der Waals surface area contributed by atoms with Crippen LogP contribution in [0.5, 0.6) is 5.75 Å². The summed E-state index contributed by atoms with van der Waals surface area (Å²) in [5.74, 6) is -1.13. The van der Waals surface area contributed by atoms with Crippen LogP contribution in [-0.4, -0.2) is 26.1 Å². The Bertz CT molecular complexity index is 1010. The molecule has 10 heteroatoms. The van der Waals surface area contributed by atoms with Crippen molar-refractivity contribution in [3.63, 3.8) is 0 Å². The number of nitro benzene ring substituents is 1. The van der Waals surface area contributed by atoms with E-state index in [1.807, 2.05) is 0 Å². The smallest absolute Gasteiger partial charge is 0.312 e. The number of carbonyl (C=O) groups is 2. The third kappa shape index (κ3) is 4.15. The molecule has 2 aromatic rings. The van der Waals surface area contributed by atoms with Gasteiger partial charge in [0.1, 0.15) is 0 Å². The lowest BCUT2D eigenvalue weighted by Crippen LogP contribution is -2.27. The van der Waals surface area contributed by atoms with E-state index < -0.39 is 27.5 Å². The van der Waals surface area contributed by atoms with Crippen molar-refractivity contribution in [3.8, 4) is 5.75 Å². The van der Waals surface area contributed by atoms with Gasteiger partial charge in [0.2, 0.25) is 5.75 Å². The van der Waals surface area contributed by atoms with Crippen molar-refractivity contribution in [1.82, 2.24) is 4.90 Å². The zero-order chi connectivity index (χ0) is 19.7. The van der Waals surface area contributed by atoms with Crippen molar-refractivity contribution in [2.45, 2.75) is 6.54 Å². The highest BCUT2D eigenvalue weighted by atomic mass is 79.9. The molecule has 3 rings (SSSR count). The van der Waals surface area contributed by atoms with Crippen molar-refractivity contribution in [3.05, 3.63) is 72.0 Å². The zero-order valence-electron chi connectivity index (χ0n) is 13.4. The van der Waals surface area contributed by atoms with Gasteiger partial charge in [0, 0.05) is 21.1 Å². The highest BCUT2D eigenvalue weighted by molar-refractivity contribution is 9.10. The summed E-state index contributed by atoms with van der Waals surface area (Å²) < 4.78 is 0.358. The first-order valence-electron chi connectivity index (χ1n) is 7.43. The lowest BCUT2D eigenvalue weighted by Gasteiger charge is -2.12. The number of carbonyl (C=O) groups excluding carboxylic acids is 2. The largest absolute Gasteiger partial charge is 0.502 e. The molecule has 2 aromatic carbocycles. The van der Waals surface area contributed by atoms with Crippen molar-refractivity contribution in [1.29, 1.82) is 0 Å². The van der Waals surface area contributed by atoms with Crippen LogP contribution >= 0.6 is 39.3 Å². The molecule has 1 fully saturated rings. The second kappa shape index (κ2) is 7.71. The van der Waals surface area contributed by atoms with E-state index in [9.17, 15) is 24.8 Å². The molecule has 0 aliphatic carbocycles. The maximum absolute atomic E-state index is 12.6. The van der Waals surface area contributed by atoms with Crippen molar-refractivity contribution < 1.29 is 19.6 Å². The van der Waals surface area contributed by atoms with E-state index in [0.717, 1.165) is 11.0 Å². The molecule has 1 heterocycles. The molecule has 0 aromatic heterocycles. The molecule has 1 N–H and O–H groups in total. The predicted molar refractivity (Wildman–Crippen MR) is 105 cm³/mol. The molecule has 2 amide bonds. The van der Waals surface area contributed by atoms with Gasteiger partial charge in [-0.15, -0.1) is 0 Å². The summed E-state index contributed by atoms with van der Waals surface area (Å²) in [5, 5.41) is 21.1. The number of imide groups is 1. The number of benzene rings is 2. The topological polar surface area (TPSA) is 101 Å². The van der Waals surface area contributed by atoms with E-state index in [4.69, 9.17) is 11.6 Å². The summed E-state index contributed by atoms with van der Waals surface area (Å²) in [5.41, 5.74) is 0.241. The second-order valence-electron chi connectivity index (χ2n) is 5.52. The van der Waals surface area contributed by atoms with Crippen LogP contribution in [0.15, 0.2) is 45.8 Å². The Kier molecular flexibility index (Phi) is 5.54. The number of phenolic OH excluding ortho intramolecular Hbond substituents is 1. The number of hydrogen-bond acceptors (Lipinski definition) is 6. The number of amides is 2. The van der Waals surface area contributed by atoms with Crippen LogP contribution in [0.25, 0.3) is 6.08 Å². The molecule has 1 saturated heterocycles. The molecule has 7 nitrogen and oxygen atoms in total. The first kappa shape index (κ1) is 19.4. The van der Waals surface area contributed by atoms with Gasteiger partial charge in [0.05, 0.1) is 16.4 Å². The van der Waals surface area contributed by atoms with E-state index in [1.165, 1.54) is 12.1 Å². The Morgan fingerprint density at radius 1 is 1.30 bits per heavy atom. The molecule has 27 heavy (non-hydrogen) atoms. The maximum atomic E-state index is 12.6. The molecular weight excluding hydrogens is 460 g/mol. The quantitative estimate of drug-likeness (QED) is 0.386. The minimum atomic E-state index is -0.734. The number of nitrogens with zero attached hydrogens (tertiary/aromatic N) is 2. The zero-order valence-corrected chi connectivity index (χ0v) is 16.5. The average molecular weight is 470 g/mol. The normalized spacial score (nSPS) is 15.6. The molecule has 0 atom stereocenters. The molecule has 138 valence electrons. The molecule has 0 bridgehead atoms. The first-order valence-corrected chi connectivity index (χ1v) is 9.41. The lowest BCUT2D eigenvalue weighted by molar-refractivity contribution is -0.385. The molecule has 0 radical (unpaired) electrons. The number of hydrogen-bond donors (Lipinski definition) is 1. The summed E-state index contributed by atoms with van der Waals surface area (Å²) in [6.45, 7) is 0.0488. The van der Waals surface area contributed by atoms with Gasteiger partial charge in [-0.3, -0.25) is 24.6 Å². The fourth-order valence-corrected chi connectivity index (χ4v) is 3.96. The third-order valence-electron chi connectivity index (χ3n) is 3.67. The Morgan fingerprint density at radius 3 is 2.70 bits per heavy atom. The molecule has 0 saturated carbocycles. The molecular formula is C17H10BrClN2O5S. The average Bonchev–Trinajstić information content (AvgIpc) is 2.85. The van der Waals surface area contributed by atoms with Crippen LogP contribution in [0.2, 0.25) is 5.02 Å². The molecule has 1 aliphatic rings. The van der Waals surface area contributed by atoms with Gasteiger partial charge in [0.15, 0.2) is 0 Å². The Hall–Kier alpha value is -2.36. The van der Waals surface area contributed by atoms with Gasteiger partial charge in [-0.25, -0.2) is 0 Å². The first-order chi connectivity index (χ1) is 12.8. The number of halogens is 2. The predicted octanol–water partition coefficient (Wildman–Crippen LogP) is 4.95. The van der Waals surface area contributed by atoms with Crippen LogP contribution in [-0.2, 0) is 11.3 Å². The van der Waals surface area contributed by atoms with Gasteiger partial charge in [-0.1, -0.05) is 39.7 Å². The van der Waals surface area contributed by atoms with Crippen LogP contribution in [0.3, 0.4) is 0 Å². The Labute approximate surface area is 170 Å². The van der Waals surface area contributed by atoms with E-state index in [2.05, 4.69) is 15.9 Å². The van der Waals surface area contributed by atoms with E-state index in [-0.39, 0.29) is 17.0 Å². The van der Waals surface area contributed by atoms with Gasteiger partial charge >= 0.3 is 5.69 Å². The van der Waals surface area contributed by atoms with Crippen molar-refractivity contribution in [2.75, 3.05) is 0 Å². The Morgan fingerprint density at radius 2 is 2.04 bits per heavy atom. The van der Waals surface area contributed by atoms with Gasteiger partial charge in [0.25, 0.3) is 11.1 Å². The summed E-state index contributed by atoms with van der Waals surface area (Å²) in [7, 11) is 0. The number of phenols is 1. The van der Waals surface area contributed by atoms with E-state index in [1.54, 1.807) is 24.3 Å². The van der Waals surface area contributed by atoms with Crippen LogP contribution in [0.4, 0.5) is 10.5 Å². The lowest BCUT2D eigenvalue weighted by atomic mass is 10.1. The SMILES string of the molecule is O=C1S/C(=C\c2cc(Br)cc([N+](=O)[O-])c2O)C(=O)N1Cc1cccc(Cl)c1. The van der Waals surface area contributed by atoms with E-state index >= 15 is 0 Å². The fraction of sp³-hybridized carbons (Fsp3) is 0.0588. The summed E-state index contributed by atoms with van der Waals surface area (Å²) in [6.07, 6.45) is 1.26. The fourth-order valence-electron chi connectivity index (χ4n) is 2.45. The third-order valence-corrected chi connectivity index (χ3v) is 5.27. The Balaban J connectivity index is 1.92. The van der Waals surface area contributed by atoms with Crippen LogP contribution < -0.4 is 0 Å². The summed E-state index contributed by atoms with van der Waals surface area (Å²) in [6, 6.07) is 9.36. The highest BCUT2D eigenvalue weighted by Gasteiger charge is 2.35. The number of aromatic hydroxyl groups is 1. The van der Waals surface area contributed by atoms with Crippen molar-refractivity contribution in [2.24, 2.45) is 0 Å². The molecule has 1 aliphatic heterocycles. The minimum absolute atomic E-state index is 0.0488.